The largest absolute Gasteiger partial charge is 0.492 e. The van der Waals surface area contributed by atoms with Gasteiger partial charge in [0.05, 0.1) is 0 Å². The fourth-order valence-electron chi connectivity index (χ4n) is 1.74. The number of ether oxygens (including phenoxy) is 1. The van der Waals surface area contributed by atoms with Crippen molar-refractivity contribution in [1.82, 2.24) is 0 Å². The SMILES string of the molecule is Cc1cc(NS(=O)(=O)CCOc2ccc(F)cc2)ccc1Br. The summed E-state index contributed by atoms with van der Waals surface area (Å²) in [5.74, 6) is -0.136. The Morgan fingerprint density at radius 1 is 1.18 bits per heavy atom. The fraction of sp³-hybridized carbons (Fsp3) is 0.200. The molecule has 0 aromatic heterocycles. The van der Waals surface area contributed by atoms with Crippen LogP contribution in [0.5, 0.6) is 5.75 Å². The summed E-state index contributed by atoms with van der Waals surface area (Å²) in [5.41, 5.74) is 1.44. The van der Waals surface area contributed by atoms with Gasteiger partial charge in [-0.25, -0.2) is 12.8 Å². The van der Waals surface area contributed by atoms with Gasteiger partial charge in [-0.05, 0) is 55.0 Å². The van der Waals surface area contributed by atoms with E-state index in [-0.39, 0.29) is 18.2 Å². The van der Waals surface area contributed by atoms with E-state index in [1.165, 1.54) is 24.3 Å². The molecule has 0 saturated heterocycles. The number of benzene rings is 2. The Kier molecular flexibility index (Phi) is 5.42. The third-order valence-electron chi connectivity index (χ3n) is 2.87. The maximum absolute atomic E-state index is 12.7. The van der Waals surface area contributed by atoms with Crippen molar-refractivity contribution in [2.24, 2.45) is 0 Å². The lowest BCUT2D eigenvalue weighted by molar-refractivity contribution is 0.340. The van der Waals surface area contributed by atoms with Crippen molar-refractivity contribution in [3.8, 4) is 5.75 Å². The summed E-state index contributed by atoms with van der Waals surface area (Å²) in [6, 6.07) is 10.6. The van der Waals surface area contributed by atoms with Crippen LogP contribution in [0.15, 0.2) is 46.9 Å². The smallest absolute Gasteiger partial charge is 0.236 e. The van der Waals surface area contributed by atoms with Crippen LogP contribution in [-0.2, 0) is 10.0 Å². The number of rotatable bonds is 6. The standard InChI is InChI=1S/C15H15BrFNO3S/c1-11-10-13(4-7-15(11)16)18-22(19,20)9-8-21-14-5-2-12(17)3-6-14/h2-7,10,18H,8-9H2,1H3. The van der Waals surface area contributed by atoms with E-state index in [9.17, 15) is 12.8 Å². The first kappa shape index (κ1) is 16.8. The average Bonchev–Trinajstić information content (AvgIpc) is 2.45. The third kappa shape index (κ3) is 4.99. The van der Waals surface area contributed by atoms with Gasteiger partial charge in [0.15, 0.2) is 0 Å². The first-order chi connectivity index (χ1) is 10.4. The van der Waals surface area contributed by atoms with Crippen LogP contribution < -0.4 is 9.46 Å². The Hall–Kier alpha value is -1.60. The van der Waals surface area contributed by atoms with E-state index in [0.29, 0.717) is 11.4 Å². The van der Waals surface area contributed by atoms with Gasteiger partial charge in [-0.15, -0.1) is 0 Å². The second-order valence-corrected chi connectivity index (χ2v) is 7.38. The summed E-state index contributed by atoms with van der Waals surface area (Å²) >= 11 is 3.36. The molecule has 0 aliphatic heterocycles. The predicted molar refractivity (Wildman–Crippen MR) is 88.2 cm³/mol. The number of aryl methyl sites for hydroxylation is 1. The van der Waals surface area contributed by atoms with E-state index in [2.05, 4.69) is 20.7 Å². The minimum Gasteiger partial charge on any atom is -0.492 e. The van der Waals surface area contributed by atoms with Crippen molar-refractivity contribution >= 4 is 31.6 Å². The number of nitrogens with one attached hydrogen (secondary N) is 1. The van der Waals surface area contributed by atoms with Gasteiger partial charge in [-0.1, -0.05) is 15.9 Å². The summed E-state index contributed by atoms with van der Waals surface area (Å²) in [4.78, 5) is 0. The molecule has 118 valence electrons. The zero-order valence-electron chi connectivity index (χ0n) is 11.8. The Labute approximate surface area is 137 Å². The Morgan fingerprint density at radius 2 is 1.86 bits per heavy atom. The molecule has 0 radical (unpaired) electrons. The second-order valence-electron chi connectivity index (χ2n) is 4.69. The molecule has 7 heteroatoms. The van der Waals surface area contributed by atoms with Crippen molar-refractivity contribution in [3.05, 3.63) is 58.3 Å². The maximum atomic E-state index is 12.7. The molecule has 0 atom stereocenters. The van der Waals surface area contributed by atoms with Gasteiger partial charge in [0.2, 0.25) is 10.0 Å². The molecule has 0 amide bonds. The van der Waals surface area contributed by atoms with E-state index >= 15 is 0 Å². The lowest BCUT2D eigenvalue weighted by Crippen LogP contribution is -2.21. The number of anilines is 1. The van der Waals surface area contributed by atoms with Gasteiger partial charge >= 0.3 is 0 Å². The van der Waals surface area contributed by atoms with Crippen LogP contribution in [0.4, 0.5) is 10.1 Å². The molecule has 2 rings (SSSR count). The molecule has 0 spiro atoms. The van der Waals surface area contributed by atoms with Crippen molar-refractivity contribution in [2.45, 2.75) is 6.92 Å². The monoisotopic (exact) mass is 387 g/mol. The van der Waals surface area contributed by atoms with Gasteiger partial charge in [0.1, 0.15) is 23.9 Å². The molecule has 0 bridgehead atoms. The minimum absolute atomic E-state index is 0.0174. The lowest BCUT2D eigenvalue weighted by atomic mass is 10.2. The highest BCUT2D eigenvalue weighted by Crippen LogP contribution is 2.20. The molecule has 0 fully saturated rings. The quantitative estimate of drug-likeness (QED) is 0.821. The van der Waals surface area contributed by atoms with Crippen molar-refractivity contribution in [2.75, 3.05) is 17.1 Å². The third-order valence-corrected chi connectivity index (χ3v) is 5.01. The summed E-state index contributed by atoms with van der Waals surface area (Å²) in [6.07, 6.45) is 0. The highest BCUT2D eigenvalue weighted by atomic mass is 79.9. The van der Waals surface area contributed by atoms with Crippen LogP contribution in [0.3, 0.4) is 0 Å². The van der Waals surface area contributed by atoms with Gasteiger partial charge in [-0.3, -0.25) is 4.72 Å². The van der Waals surface area contributed by atoms with E-state index in [4.69, 9.17) is 4.74 Å². The second kappa shape index (κ2) is 7.11. The van der Waals surface area contributed by atoms with E-state index < -0.39 is 10.0 Å². The number of hydrogen-bond donors (Lipinski definition) is 1. The zero-order valence-corrected chi connectivity index (χ0v) is 14.2. The van der Waals surface area contributed by atoms with E-state index in [0.717, 1.165) is 10.0 Å². The molecule has 0 aliphatic carbocycles. The number of halogens is 2. The van der Waals surface area contributed by atoms with Crippen molar-refractivity contribution in [1.29, 1.82) is 0 Å². The molecule has 0 aliphatic rings. The molecule has 22 heavy (non-hydrogen) atoms. The van der Waals surface area contributed by atoms with Crippen molar-refractivity contribution < 1.29 is 17.5 Å². The van der Waals surface area contributed by atoms with Gasteiger partial charge in [0, 0.05) is 10.2 Å². The summed E-state index contributed by atoms with van der Waals surface area (Å²) in [6.45, 7) is 1.86. The topological polar surface area (TPSA) is 55.4 Å². The van der Waals surface area contributed by atoms with E-state index in [1.54, 1.807) is 18.2 Å². The molecular weight excluding hydrogens is 373 g/mol. The maximum Gasteiger partial charge on any atom is 0.236 e. The first-order valence-corrected chi connectivity index (χ1v) is 8.95. The summed E-state index contributed by atoms with van der Waals surface area (Å²) in [7, 11) is -3.51. The minimum atomic E-state index is -3.51. The average molecular weight is 388 g/mol. The van der Waals surface area contributed by atoms with Gasteiger partial charge in [-0.2, -0.15) is 0 Å². The summed E-state index contributed by atoms with van der Waals surface area (Å²) in [5, 5.41) is 0. The molecule has 0 unspecified atom stereocenters. The molecule has 4 nitrogen and oxygen atoms in total. The van der Waals surface area contributed by atoms with Crippen LogP contribution in [-0.4, -0.2) is 20.8 Å². The van der Waals surface area contributed by atoms with Crippen LogP contribution >= 0.6 is 15.9 Å². The number of sulfonamides is 1. The lowest BCUT2D eigenvalue weighted by Gasteiger charge is -2.10. The molecule has 2 aromatic rings. The van der Waals surface area contributed by atoms with E-state index in [1.807, 2.05) is 6.92 Å². The molecular formula is C15H15BrFNO3S. The highest BCUT2D eigenvalue weighted by molar-refractivity contribution is 9.10. The summed E-state index contributed by atoms with van der Waals surface area (Å²) < 4.78 is 45.4. The van der Waals surface area contributed by atoms with Gasteiger partial charge < -0.3 is 4.74 Å². The van der Waals surface area contributed by atoms with Gasteiger partial charge in [0.25, 0.3) is 0 Å². The molecule has 2 aromatic carbocycles. The Balaban J connectivity index is 1.90. The van der Waals surface area contributed by atoms with Crippen LogP contribution in [0.1, 0.15) is 5.56 Å². The first-order valence-electron chi connectivity index (χ1n) is 6.51. The normalized spacial score (nSPS) is 11.2. The van der Waals surface area contributed by atoms with Crippen LogP contribution in [0.25, 0.3) is 0 Å². The van der Waals surface area contributed by atoms with Crippen molar-refractivity contribution in [3.63, 3.8) is 0 Å². The highest BCUT2D eigenvalue weighted by Gasteiger charge is 2.11. The number of hydrogen-bond acceptors (Lipinski definition) is 3. The molecule has 1 N–H and O–H groups in total. The zero-order chi connectivity index (χ0) is 16.2. The molecule has 0 heterocycles. The van der Waals surface area contributed by atoms with Crippen LogP contribution in [0, 0.1) is 12.7 Å². The molecule has 0 saturated carbocycles. The Morgan fingerprint density at radius 3 is 2.50 bits per heavy atom. The Bertz CT molecular complexity index is 748. The van der Waals surface area contributed by atoms with Crippen LogP contribution in [0.2, 0.25) is 0 Å². The predicted octanol–water partition coefficient (Wildman–Crippen LogP) is 3.72. The fourth-order valence-corrected chi connectivity index (χ4v) is 2.88.